The lowest BCUT2D eigenvalue weighted by Gasteiger charge is -2.43. The molecule has 5 heterocycles. The summed E-state index contributed by atoms with van der Waals surface area (Å²) >= 11 is 6.73. The number of benzene rings is 4. The van der Waals surface area contributed by atoms with Gasteiger partial charge < -0.3 is 35.4 Å². The van der Waals surface area contributed by atoms with Crippen LogP contribution in [0, 0.1) is 46.9 Å². The molecule has 4 fully saturated rings. The topological polar surface area (TPSA) is 185 Å². The first kappa shape index (κ1) is 54.1. The molecule has 10 rings (SSSR count). The van der Waals surface area contributed by atoms with E-state index in [4.69, 9.17) is 26.8 Å². The molecule has 1 aliphatic carbocycles. The van der Waals surface area contributed by atoms with Crippen molar-refractivity contribution in [1.82, 2.24) is 30.2 Å². The van der Waals surface area contributed by atoms with Crippen LogP contribution in [0.25, 0.3) is 22.0 Å². The number of primary amides is 1. The summed E-state index contributed by atoms with van der Waals surface area (Å²) in [6.07, 6.45) is 4.31. The molecule has 0 unspecified atom stereocenters. The number of carbonyl (C=O) groups excluding carboxylic acids is 4. The summed E-state index contributed by atoms with van der Waals surface area (Å²) in [7, 11) is 1.56. The molecule has 0 bridgehead atoms. The van der Waals surface area contributed by atoms with Gasteiger partial charge in [-0.2, -0.15) is 5.10 Å². The molecule has 5 N–H and O–H groups in total. The summed E-state index contributed by atoms with van der Waals surface area (Å²) in [6.45, 7) is 9.29. The summed E-state index contributed by atoms with van der Waals surface area (Å²) in [5.41, 5.74) is 5.32. The normalized spacial score (nSPS) is 25.9. The van der Waals surface area contributed by atoms with Crippen molar-refractivity contribution in [2.24, 2.45) is 36.5 Å². The van der Waals surface area contributed by atoms with Crippen molar-refractivity contribution in [1.29, 1.82) is 0 Å². The zero-order valence-corrected chi connectivity index (χ0v) is 44.4. The van der Waals surface area contributed by atoms with E-state index in [-0.39, 0.29) is 112 Å². The number of halogens is 5. The molecule has 5 aromatic rings. The highest BCUT2D eigenvalue weighted by Crippen LogP contribution is 2.57. The lowest BCUT2D eigenvalue weighted by atomic mass is 9.77. The highest BCUT2D eigenvalue weighted by atomic mass is 35.5. The summed E-state index contributed by atoms with van der Waals surface area (Å²) in [6, 6.07) is 13.8. The summed E-state index contributed by atoms with van der Waals surface area (Å²) in [5.74, 6) is -5.00. The largest absolute Gasteiger partial charge is 0.488 e. The second kappa shape index (κ2) is 21.9. The number of nitrogens with one attached hydrogen (secondary N) is 2. The third-order valence-corrected chi connectivity index (χ3v) is 17.6. The van der Waals surface area contributed by atoms with Gasteiger partial charge in [0.1, 0.15) is 29.5 Å². The molecule has 1 saturated carbocycles. The summed E-state index contributed by atoms with van der Waals surface area (Å²) < 4.78 is 78.5. The van der Waals surface area contributed by atoms with E-state index in [0.29, 0.717) is 56.9 Å². The van der Waals surface area contributed by atoms with Gasteiger partial charge in [-0.25, -0.2) is 22.4 Å². The van der Waals surface area contributed by atoms with Crippen LogP contribution in [-0.4, -0.2) is 114 Å². The molecule has 0 spiro atoms. The van der Waals surface area contributed by atoms with Crippen LogP contribution < -0.4 is 30.7 Å². The Kier molecular flexibility index (Phi) is 15.4. The van der Waals surface area contributed by atoms with Crippen molar-refractivity contribution in [3.63, 3.8) is 0 Å². The van der Waals surface area contributed by atoms with Gasteiger partial charge in [-0.15, -0.1) is 0 Å². The number of fused-ring (bicyclic) bond motifs is 2. The number of aliphatic hydroxyl groups is 1. The SMILES string of the molecule is C[C@@H]1CN(C(=O)C2CCC(NC[C@]3(c4ccccc4)Oc4cc(F)c(Cl)c(-c5c(C(N)=O)ccc(OCCO)c5F)c4[C@@H]3C)CC2)CC[C@@H]1CN1CC[C@H](c2c(F)cc3c(N4CCC(=O)NC4=O)nn(C)c3c2F)[C@H](C)C1. The number of imide groups is 1. The van der Waals surface area contributed by atoms with Gasteiger partial charge in [0.15, 0.2) is 28.8 Å². The molecule has 15 nitrogen and oxygen atoms in total. The highest BCUT2D eigenvalue weighted by molar-refractivity contribution is 6.34. The molecule has 20 heteroatoms. The maximum absolute atomic E-state index is 16.5. The standard InChI is InChI=1S/C57H65ClF4N8O7/c1-30-27-69(20-16-34(30)28-68-19-17-37(31(2)26-68)46-40(59)24-39-52(51(46)62)67(4)66-54(39)70-21-18-44(72)65-56(70)75)55(74)33-10-12-36(13-11-33)64-29-57(35-8-6-5-7-9-35)32(3)45-43(77-57)25-41(60)49(58)48(45)47-38(53(63)73)14-15-42(50(47)61)76-23-22-71/h5-9,14-15,24-25,30-34,36-37,64,71H,10-13,16-23,26-29H2,1-4H3,(H2,63,73)(H,65,72,75)/t30-,31-,32+,33?,34-,36?,37+,57+/m1/s1. The predicted octanol–water partition coefficient (Wildman–Crippen LogP) is 8.52. The van der Waals surface area contributed by atoms with Gasteiger partial charge in [-0.05, 0) is 92.5 Å². The minimum atomic E-state index is -1.14. The Labute approximate surface area is 449 Å². The third-order valence-electron chi connectivity index (χ3n) is 17.2. The number of rotatable bonds is 14. The number of nitrogens with zero attached hydrogens (tertiary/aromatic N) is 5. The molecule has 1 aromatic heterocycles. The number of hydrogen-bond acceptors (Lipinski definition) is 10. The number of aryl methyl sites for hydroxylation is 1. The molecule has 77 heavy (non-hydrogen) atoms. The van der Waals surface area contributed by atoms with Crippen molar-refractivity contribution in [3.8, 4) is 22.6 Å². The number of nitrogens with two attached hydrogens (primary N) is 1. The molecule has 5 amide bonds. The molecule has 5 aliphatic rings. The molecule has 3 saturated heterocycles. The van der Waals surface area contributed by atoms with Gasteiger partial charge >= 0.3 is 6.03 Å². The number of urea groups is 1. The Morgan fingerprint density at radius 1 is 0.909 bits per heavy atom. The number of piperidine rings is 2. The van der Waals surface area contributed by atoms with Crippen molar-refractivity contribution >= 4 is 52.1 Å². The van der Waals surface area contributed by atoms with Crippen LogP contribution in [0.3, 0.4) is 0 Å². The van der Waals surface area contributed by atoms with Gasteiger partial charge in [-0.1, -0.05) is 62.7 Å². The van der Waals surface area contributed by atoms with E-state index < -0.39 is 64.3 Å². The second-order valence-corrected chi connectivity index (χ2v) is 22.2. The maximum Gasteiger partial charge on any atom is 0.329 e. The van der Waals surface area contributed by atoms with Crippen molar-refractivity contribution < 1.29 is 51.3 Å². The molecule has 4 aliphatic heterocycles. The van der Waals surface area contributed by atoms with Crippen LogP contribution in [-0.2, 0) is 22.2 Å². The number of aliphatic hydroxyl groups excluding tert-OH is 1. The number of carbonyl (C=O) groups is 4. The second-order valence-electron chi connectivity index (χ2n) is 21.8. The number of anilines is 1. The van der Waals surface area contributed by atoms with Crippen LogP contribution >= 0.6 is 11.6 Å². The van der Waals surface area contributed by atoms with Crippen LogP contribution in [0.2, 0.25) is 5.02 Å². The van der Waals surface area contributed by atoms with Crippen LogP contribution in [0.5, 0.6) is 11.5 Å². The van der Waals surface area contributed by atoms with Crippen molar-refractivity contribution in [3.05, 3.63) is 105 Å². The lowest BCUT2D eigenvalue weighted by molar-refractivity contribution is -0.139. The number of amides is 5. The van der Waals surface area contributed by atoms with Gasteiger partial charge in [0.05, 0.1) is 22.6 Å². The first-order chi connectivity index (χ1) is 36.9. The molecule has 4 aromatic carbocycles. The fourth-order valence-electron chi connectivity index (χ4n) is 13.1. The number of ether oxygens (including phenoxy) is 2. The Balaban J connectivity index is 0.757. The van der Waals surface area contributed by atoms with E-state index >= 15 is 17.6 Å². The van der Waals surface area contributed by atoms with E-state index in [9.17, 15) is 24.3 Å². The monoisotopic (exact) mass is 1080 g/mol. The molecule has 410 valence electrons. The predicted molar refractivity (Wildman–Crippen MR) is 282 cm³/mol. The van der Waals surface area contributed by atoms with E-state index in [0.717, 1.165) is 31.4 Å². The van der Waals surface area contributed by atoms with Crippen molar-refractivity contribution in [2.75, 3.05) is 63.9 Å². The van der Waals surface area contributed by atoms with E-state index in [1.807, 2.05) is 49.1 Å². The Morgan fingerprint density at radius 3 is 2.35 bits per heavy atom. The van der Waals surface area contributed by atoms with Gasteiger partial charge in [0.25, 0.3) is 0 Å². The fourth-order valence-corrected chi connectivity index (χ4v) is 13.3. The Morgan fingerprint density at radius 2 is 1.66 bits per heavy atom. The van der Waals surface area contributed by atoms with Crippen molar-refractivity contribution in [2.45, 2.75) is 89.2 Å². The summed E-state index contributed by atoms with van der Waals surface area (Å²) in [5, 5.41) is 19.5. The smallest absolute Gasteiger partial charge is 0.329 e. The molecular weight excluding hydrogens is 1020 g/mol. The summed E-state index contributed by atoms with van der Waals surface area (Å²) in [4.78, 5) is 57.0. The minimum absolute atomic E-state index is 0.0245. The first-order valence-electron chi connectivity index (χ1n) is 26.7. The van der Waals surface area contributed by atoms with Crippen LogP contribution in [0.15, 0.2) is 54.6 Å². The van der Waals surface area contributed by atoms with E-state index in [1.165, 1.54) is 33.8 Å². The first-order valence-corrected chi connectivity index (χ1v) is 27.1. The number of aromatic nitrogens is 2. The maximum atomic E-state index is 16.5. The quantitative estimate of drug-likeness (QED) is 0.0787. The average Bonchev–Trinajstić information content (AvgIpc) is 4.06. The lowest BCUT2D eigenvalue weighted by Crippen LogP contribution is -2.50. The average molecular weight is 1090 g/mol. The molecule has 6 atom stereocenters. The van der Waals surface area contributed by atoms with Crippen LogP contribution in [0.1, 0.15) is 105 Å². The number of hydrogen-bond donors (Lipinski definition) is 4. The van der Waals surface area contributed by atoms with Gasteiger partial charge in [0.2, 0.25) is 17.7 Å². The van der Waals surface area contributed by atoms with Gasteiger partial charge in [-0.3, -0.25) is 29.3 Å². The molecular formula is C57H65ClF4N8O7. The van der Waals surface area contributed by atoms with E-state index in [1.54, 1.807) is 7.05 Å². The Hall–Kier alpha value is -6.28. The van der Waals surface area contributed by atoms with Gasteiger partial charge in [0, 0.05) is 98.9 Å². The zero-order valence-electron chi connectivity index (χ0n) is 43.7. The zero-order chi connectivity index (χ0) is 54.6. The highest BCUT2D eigenvalue weighted by Gasteiger charge is 2.51. The van der Waals surface area contributed by atoms with E-state index in [2.05, 4.69) is 27.6 Å². The third kappa shape index (κ3) is 10.0. The molecule has 0 radical (unpaired) electrons. The Bertz CT molecular complexity index is 3120. The fraction of sp³-hybridized carbons (Fsp3) is 0.491. The minimum Gasteiger partial charge on any atom is -0.488 e. The number of likely N-dealkylation sites (tertiary alicyclic amines) is 2. The van der Waals surface area contributed by atoms with Crippen LogP contribution in [0.4, 0.5) is 28.2 Å².